The van der Waals surface area contributed by atoms with E-state index < -0.39 is 0 Å². The van der Waals surface area contributed by atoms with Crippen molar-refractivity contribution in [3.8, 4) is 0 Å². The van der Waals surface area contributed by atoms with E-state index in [-0.39, 0.29) is 5.91 Å². The van der Waals surface area contributed by atoms with Crippen molar-refractivity contribution in [2.45, 2.75) is 13.3 Å². The number of carbonyl (C=O) groups is 1. The van der Waals surface area contributed by atoms with Crippen LogP contribution in [0.5, 0.6) is 0 Å². The van der Waals surface area contributed by atoms with Crippen LogP contribution in [0.4, 0.5) is 5.69 Å². The average Bonchev–Trinajstić information content (AvgIpc) is 2.87. The van der Waals surface area contributed by atoms with Crippen LogP contribution in [-0.4, -0.2) is 22.5 Å². The number of aliphatic imine (C=N–C) groups is 1. The SMILES string of the molecule is CCCN1C(=O)/C(=C\c2ccccc2Cl)SC1=Nc1ccccc1. The second kappa shape index (κ2) is 7.69. The van der Waals surface area contributed by atoms with Gasteiger partial charge in [-0.25, -0.2) is 4.99 Å². The second-order valence-electron chi connectivity index (χ2n) is 5.32. The molecule has 0 unspecified atom stereocenters. The number of amides is 1. The van der Waals surface area contributed by atoms with Crippen LogP contribution < -0.4 is 0 Å². The van der Waals surface area contributed by atoms with Crippen LogP contribution in [0.3, 0.4) is 0 Å². The minimum absolute atomic E-state index is 0.0172. The van der Waals surface area contributed by atoms with Crippen molar-refractivity contribution < 1.29 is 4.79 Å². The van der Waals surface area contributed by atoms with Crippen LogP contribution in [0.2, 0.25) is 5.02 Å². The minimum atomic E-state index is -0.0172. The predicted molar refractivity (Wildman–Crippen MR) is 103 cm³/mol. The summed E-state index contributed by atoms with van der Waals surface area (Å²) in [6.45, 7) is 2.70. The lowest BCUT2D eigenvalue weighted by atomic mass is 10.2. The smallest absolute Gasteiger partial charge is 0.266 e. The van der Waals surface area contributed by atoms with E-state index in [9.17, 15) is 4.79 Å². The molecule has 0 saturated carbocycles. The van der Waals surface area contributed by atoms with Crippen molar-refractivity contribution in [3.05, 3.63) is 70.1 Å². The van der Waals surface area contributed by atoms with Crippen molar-refractivity contribution in [1.29, 1.82) is 0 Å². The van der Waals surface area contributed by atoms with E-state index in [1.165, 1.54) is 11.8 Å². The molecule has 1 amide bonds. The third-order valence-electron chi connectivity index (χ3n) is 3.51. The molecule has 3 nitrogen and oxygen atoms in total. The first-order valence-corrected chi connectivity index (χ1v) is 8.98. The summed E-state index contributed by atoms with van der Waals surface area (Å²) in [7, 11) is 0. The van der Waals surface area contributed by atoms with Gasteiger partial charge in [0.2, 0.25) is 0 Å². The molecule has 122 valence electrons. The molecular weight excluding hydrogens is 340 g/mol. The van der Waals surface area contributed by atoms with E-state index in [2.05, 4.69) is 4.99 Å². The molecule has 2 aromatic rings. The van der Waals surface area contributed by atoms with Gasteiger partial charge in [0, 0.05) is 11.6 Å². The molecule has 1 aliphatic rings. The Hall–Kier alpha value is -2.04. The predicted octanol–water partition coefficient (Wildman–Crippen LogP) is 5.35. The van der Waals surface area contributed by atoms with Gasteiger partial charge in [0.05, 0.1) is 10.6 Å². The number of carbonyl (C=O) groups excluding carboxylic acids is 1. The molecule has 1 saturated heterocycles. The summed E-state index contributed by atoms with van der Waals surface area (Å²) < 4.78 is 0. The molecule has 3 rings (SSSR count). The van der Waals surface area contributed by atoms with E-state index in [0.29, 0.717) is 21.6 Å². The van der Waals surface area contributed by atoms with Crippen LogP contribution in [0.15, 0.2) is 64.5 Å². The highest BCUT2D eigenvalue weighted by atomic mass is 35.5. The van der Waals surface area contributed by atoms with Gasteiger partial charge in [-0.2, -0.15) is 0 Å². The lowest BCUT2D eigenvalue weighted by Crippen LogP contribution is -2.29. The maximum Gasteiger partial charge on any atom is 0.266 e. The van der Waals surface area contributed by atoms with E-state index in [1.807, 2.05) is 67.6 Å². The Labute approximate surface area is 151 Å². The molecule has 1 heterocycles. The maximum absolute atomic E-state index is 12.7. The number of thioether (sulfide) groups is 1. The molecule has 0 radical (unpaired) electrons. The third kappa shape index (κ3) is 3.71. The van der Waals surface area contributed by atoms with E-state index in [1.54, 1.807) is 4.90 Å². The highest BCUT2D eigenvalue weighted by Crippen LogP contribution is 2.35. The molecule has 0 bridgehead atoms. The minimum Gasteiger partial charge on any atom is -0.286 e. The van der Waals surface area contributed by atoms with Gasteiger partial charge in [-0.15, -0.1) is 0 Å². The highest BCUT2D eigenvalue weighted by molar-refractivity contribution is 8.18. The second-order valence-corrected chi connectivity index (χ2v) is 6.74. The topological polar surface area (TPSA) is 32.7 Å². The number of para-hydroxylation sites is 1. The lowest BCUT2D eigenvalue weighted by molar-refractivity contribution is -0.122. The number of hydrogen-bond donors (Lipinski definition) is 0. The molecule has 0 spiro atoms. The monoisotopic (exact) mass is 356 g/mol. The van der Waals surface area contributed by atoms with Crippen LogP contribution in [0.25, 0.3) is 6.08 Å². The van der Waals surface area contributed by atoms with Gasteiger partial charge in [0.15, 0.2) is 5.17 Å². The van der Waals surface area contributed by atoms with Crippen LogP contribution in [0, 0.1) is 0 Å². The first kappa shape index (κ1) is 16.8. The quantitative estimate of drug-likeness (QED) is 0.691. The van der Waals surface area contributed by atoms with Crippen molar-refractivity contribution in [2.24, 2.45) is 4.99 Å². The zero-order valence-electron chi connectivity index (χ0n) is 13.3. The summed E-state index contributed by atoms with van der Waals surface area (Å²) in [5.41, 5.74) is 1.68. The summed E-state index contributed by atoms with van der Waals surface area (Å²) in [5.74, 6) is -0.0172. The van der Waals surface area contributed by atoms with Crippen LogP contribution in [-0.2, 0) is 4.79 Å². The number of nitrogens with zero attached hydrogens (tertiary/aromatic N) is 2. The Kier molecular flexibility index (Phi) is 5.38. The number of benzene rings is 2. The molecule has 1 fully saturated rings. The summed E-state index contributed by atoms with van der Waals surface area (Å²) in [6.07, 6.45) is 2.71. The Morgan fingerprint density at radius 2 is 1.83 bits per heavy atom. The molecule has 0 aromatic heterocycles. The van der Waals surface area contributed by atoms with Crippen molar-refractivity contribution in [2.75, 3.05) is 6.54 Å². The number of hydrogen-bond acceptors (Lipinski definition) is 3. The number of rotatable bonds is 4. The summed E-state index contributed by atoms with van der Waals surface area (Å²) >= 11 is 7.60. The normalized spacial score (nSPS) is 17.9. The Balaban J connectivity index is 1.95. The fourth-order valence-electron chi connectivity index (χ4n) is 2.36. The molecule has 5 heteroatoms. The Morgan fingerprint density at radius 3 is 2.54 bits per heavy atom. The average molecular weight is 357 g/mol. The van der Waals surface area contributed by atoms with Gasteiger partial charge in [-0.1, -0.05) is 54.9 Å². The summed E-state index contributed by atoms with van der Waals surface area (Å²) in [5, 5.41) is 1.35. The molecule has 2 aromatic carbocycles. The largest absolute Gasteiger partial charge is 0.286 e. The molecule has 1 aliphatic heterocycles. The highest BCUT2D eigenvalue weighted by Gasteiger charge is 2.32. The Bertz CT molecular complexity index is 802. The Morgan fingerprint density at radius 1 is 1.12 bits per heavy atom. The van der Waals surface area contributed by atoms with Crippen molar-refractivity contribution >= 4 is 46.2 Å². The zero-order valence-corrected chi connectivity index (χ0v) is 14.8. The molecular formula is C19H17ClN2OS. The zero-order chi connectivity index (χ0) is 16.9. The lowest BCUT2D eigenvalue weighted by Gasteiger charge is -2.13. The van der Waals surface area contributed by atoms with E-state index in [4.69, 9.17) is 11.6 Å². The number of amidine groups is 1. The van der Waals surface area contributed by atoms with Crippen molar-refractivity contribution in [1.82, 2.24) is 4.90 Å². The van der Waals surface area contributed by atoms with Gasteiger partial charge in [0.25, 0.3) is 5.91 Å². The summed E-state index contributed by atoms with van der Waals surface area (Å²) in [6, 6.07) is 17.2. The first-order valence-electron chi connectivity index (χ1n) is 7.78. The van der Waals surface area contributed by atoms with Crippen molar-refractivity contribution in [3.63, 3.8) is 0 Å². The van der Waals surface area contributed by atoms with Gasteiger partial charge >= 0.3 is 0 Å². The maximum atomic E-state index is 12.7. The fraction of sp³-hybridized carbons (Fsp3) is 0.158. The van der Waals surface area contributed by atoms with Gasteiger partial charge in [0.1, 0.15) is 0 Å². The standard InChI is InChI=1S/C19H17ClN2OS/c1-2-12-22-18(23)17(13-14-8-6-7-11-16(14)20)24-19(22)21-15-9-4-3-5-10-15/h3-11,13H,2,12H2,1H3/b17-13+,21-19?. The fourth-order valence-corrected chi connectivity index (χ4v) is 3.56. The van der Waals surface area contributed by atoms with Gasteiger partial charge in [-0.3, -0.25) is 9.69 Å². The molecule has 24 heavy (non-hydrogen) atoms. The first-order chi connectivity index (χ1) is 11.7. The molecule has 0 aliphatic carbocycles. The van der Waals surface area contributed by atoms with Gasteiger partial charge < -0.3 is 0 Å². The van der Waals surface area contributed by atoms with E-state index >= 15 is 0 Å². The number of halogens is 1. The molecule has 0 atom stereocenters. The summed E-state index contributed by atoms with van der Waals surface area (Å²) in [4.78, 5) is 19.7. The van der Waals surface area contributed by atoms with E-state index in [0.717, 1.165) is 17.7 Å². The van der Waals surface area contributed by atoms with Crippen LogP contribution >= 0.6 is 23.4 Å². The molecule has 0 N–H and O–H groups in total. The van der Waals surface area contributed by atoms with Crippen LogP contribution in [0.1, 0.15) is 18.9 Å². The van der Waals surface area contributed by atoms with Gasteiger partial charge in [-0.05, 0) is 48.0 Å². The third-order valence-corrected chi connectivity index (χ3v) is 4.86.